The molecular weight excluding hydrogens is 198 g/mol. The Hall–Kier alpha value is -1.12. The van der Waals surface area contributed by atoms with Gasteiger partial charge >= 0.3 is 0 Å². The molecule has 1 aliphatic carbocycles. The van der Waals surface area contributed by atoms with E-state index < -0.39 is 0 Å². The fraction of sp³-hybridized carbons (Fsp3) is 0.692. The van der Waals surface area contributed by atoms with Crippen LogP contribution in [0.1, 0.15) is 26.7 Å². The zero-order valence-electron chi connectivity index (χ0n) is 10.1. The lowest BCUT2D eigenvalue weighted by Gasteiger charge is -2.60. The van der Waals surface area contributed by atoms with E-state index in [0.29, 0.717) is 5.41 Å². The molecule has 0 unspecified atom stereocenters. The summed E-state index contributed by atoms with van der Waals surface area (Å²) in [5, 5.41) is 0. The van der Waals surface area contributed by atoms with Gasteiger partial charge in [-0.2, -0.15) is 0 Å². The van der Waals surface area contributed by atoms with E-state index in [0.717, 1.165) is 17.8 Å². The van der Waals surface area contributed by atoms with Crippen molar-refractivity contribution in [1.29, 1.82) is 0 Å². The van der Waals surface area contributed by atoms with Crippen LogP contribution in [0.5, 0.6) is 0 Å². The Morgan fingerprint density at radius 2 is 1.88 bits per heavy atom. The first kappa shape index (κ1) is 10.1. The van der Waals surface area contributed by atoms with Gasteiger partial charge in [0.1, 0.15) is 0 Å². The van der Waals surface area contributed by atoms with Crippen molar-refractivity contribution in [2.75, 3.05) is 18.0 Å². The molecule has 1 aliphatic heterocycles. The summed E-state index contributed by atoms with van der Waals surface area (Å²) in [4.78, 5) is 10.9. The minimum atomic E-state index is 0.619. The molecule has 86 valence electrons. The van der Waals surface area contributed by atoms with Gasteiger partial charge in [0.2, 0.25) is 5.95 Å². The van der Waals surface area contributed by atoms with Gasteiger partial charge in [-0.25, -0.2) is 9.97 Å². The van der Waals surface area contributed by atoms with Gasteiger partial charge in [-0.05, 0) is 30.7 Å². The van der Waals surface area contributed by atoms with Crippen LogP contribution in [0.3, 0.4) is 0 Å². The molecule has 1 saturated heterocycles. The van der Waals surface area contributed by atoms with E-state index in [4.69, 9.17) is 0 Å². The average molecular weight is 217 g/mol. The lowest BCUT2D eigenvalue weighted by Crippen LogP contribution is -2.63. The third kappa shape index (κ3) is 1.49. The third-order valence-corrected chi connectivity index (χ3v) is 4.22. The van der Waals surface area contributed by atoms with Crippen molar-refractivity contribution in [2.45, 2.75) is 26.7 Å². The summed E-state index contributed by atoms with van der Waals surface area (Å²) in [7, 11) is 0. The molecule has 1 aromatic heterocycles. The molecule has 2 heterocycles. The van der Waals surface area contributed by atoms with Crippen LogP contribution >= 0.6 is 0 Å². The molecule has 3 rings (SSSR count). The van der Waals surface area contributed by atoms with Crippen molar-refractivity contribution in [3.8, 4) is 0 Å². The summed E-state index contributed by atoms with van der Waals surface area (Å²) in [5.74, 6) is 2.72. The molecule has 0 aromatic carbocycles. The number of rotatable bonds is 2. The summed E-state index contributed by atoms with van der Waals surface area (Å²) in [6.45, 7) is 7.02. The second-order valence-electron chi connectivity index (χ2n) is 5.82. The summed E-state index contributed by atoms with van der Waals surface area (Å²) in [6.07, 6.45) is 6.47. The Morgan fingerprint density at radius 1 is 1.25 bits per heavy atom. The van der Waals surface area contributed by atoms with Crippen LogP contribution in [0.25, 0.3) is 0 Å². The molecular formula is C13H19N3. The molecule has 2 aliphatic rings. The van der Waals surface area contributed by atoms with E-state index >= 15 is 0 Å². The van der Waals surface area contributed by atoms with Crippen molar-refractivity contribution < 1.29 is 0 Å². The van der Waals surface area contributed by atoms with E-state index in [1.54, 1.807) is 0 Å². The van der Waals surface area contributed by atoms with Crippen molar-refractivity contribution in [1.82, 2.24) is 9.97 Å². The Balaban J connectivity index is 1.57. The van der Waals surface area contributed by atoms with Crippen molar-refractivity contribution in [3.05, 3.63) is 18.5 Å². The quantitative estimate of drug-likeness (QED) is 0.761. The monoisotopic (exact) mass is 217 g/mol. The molecule has 0 amide bonds. The number of anilines is 1. The SMILES string of the molecule is CC(C)C1CC2(C1)CN(c1ncccn1)C2. The fourth-order valence-electron chi connectivity index (χ4n) is 3.14. The molecule has 1 aromatic rings. The van der Waals surface area contributed by atoms with Crippen LogP contribution < -0.4 is 4.90 Å². The first-order valence-corrected chi connectivity index (χ1v) is 6.21. The highest BCUT2D eigenvalue weighted by Gasteiger charge is 2.53. The first-order valence-electron chi connectivity index (χ1n) is 6.21. The van der Waals surface area contributed by atoms with Crippen LogP contribution in [-0.2, 0) is 0 Å². The van der Waals surface area contributed by atoms with E-state index in [1.807, 2.05) is 18.5 Å². The third-order valence-electron chi connectivity index (χ3n) is 4.22. The minimum absolute atomic E-state index is 0.619. The Kier molecular flexibility index (Phi) is 2.16. The number of aromatic nitrogens is 2. The van der Waals surface area contributed by atoms with Gasteiger partial charge in [-0.15, -0.1) is 0 Å². The van der Waals surface area contributed by atoms with Crippen LogP contribution in [-0.4, -0.2) is 23.1 Å². The van der Waals surface area contributed by atoms with Gasteiger partial charge in [0, 0.05) is 30.9 Å². The van der Waals surface area contributed by atoms with Crippen molar-refractivity contribution >= 4 is 5.95 Å². The minimum Gasteiger partial charge on any atom is -0.340 e. The van der Waals surface area contributed by atoms with E-state index in [-0.39, 0.29) is 0 Å². The zero-order chi connectivity index (χ0) is 11.2. The molecule has 0 radical (unpaired) electrons. The van der Waals surface area contributed by atoms with E-state index in [9.17, 15) is 0 Å². The van der Waals surface area contributed by atoms with Crippen LogP contribution in [0.15, 0.2) is 18.5 Å². The maximum atomic E-state index is 4.29. The summed E-state index contributed by atoms with van der Waals surface area (Å²) >= 11 is 0. The maximum Gasteiger partial charge on any atom is 0.225 e. The molecule has 1 saturated carbocycles. The van der Waals surface area contributed by atoms with Crippen LogP contribution in [0, 0.1) is 17.3 Å². The molecule has 0 bridgehead atoms. The highest BCUT2D eigenvalue weighted by Crippen LogP contribution is 2.54. The predicted molar refractivity (Wildman–Crippen MR) is 64.2 cm³/mol. The molecule has 2 fully saturated rings. The summed E-state index contributed by atoms with van der Waals surface area (Å²) in [5.41, 5.74) is 0.619. The van der Waals surface area contributed by atoms with Crippen LogP contribution in [0.2, 0.25) is 0 Å². The highest BCUT2D eigenvalue weighted by molar-refractivity contribution is 5.36. The number of hydrogen-bond acceptors (Lipinski definition) is 3. The predicted octanol–water partition coefficient (Wildman–Crippen LogP) is 2.35. The van der Waals surface area contributed by atoms with Crippen molar-refractivity contribution in [3.63, 3.8) is 0 Å². The summed E-state index contributed by atoms with van der Waals surface area (Å²) in [6, 6.07) is 1.87. The van der Waals surface area contributed by atoms with Gasteiger partial charge in [0.25, 0.3) is 0 Å². The Morgan fingerprint density at radius 3 is 2.44 bits per heavy atom. The normalized spacial score (nSPS) is 23.3. The molecule has 0 atom stereocenters. The Bertz CT molecular complexity index is 360. The average Bonchev–Trinajstić information content (AvgIpc) is 2.14. The van der Waals surface area contributed by atoms with Crippen LogP contribution in [0.4, 0.5) is 5.95 Å². The second-order valence-corrected chi connectivity index (χ2v) is 5.82. The van der Waals surface area contributed by atoms with Gasteiger partial charge in [-0.1, -0.05) is 13.8 Å². The number of nitrogens with zero attached hydrogens (tertiary/aromatic N) is 3. The lowest BCUT2D eigenvalue weighted by molar-refractivity contribution is -0.00143. The number of hydrogen-bond donors (Lipinski definition) is 0. The largest absolute Gasteiger partial charge is 0.340 e. The van der Waals surface area contributed by atoms with Gasteiger partial charge in [0.15, 0.2) is 0 Å². The topological polar surface area (TPSA) is 29.0 Å². The maximum absolute atomic E-state index is 4.29. The molecule has 16 heavy (non-hydrogen) atoms. The van der Waals surface area contributed by atoms with Gasteiger partial charge in [0.05, 0.1) is 0 Å². The van der Waals surface area contributed by atoms with E-state index in [1.165, 1.54) is 25.9 Å². The lowest BCUT2D eigenvalue weighted by atomic mass is 9.55. The Labute approximate surface area is 96.9 Å². The van der Waals surface area contributed by atoms with E-state index in [2.05, 4.69) is 28.7 Å². The standard InChI is InChI=1S/C13H19N3/c1-10(2)11-6-13(7-11)8-16(9-13)12-14-4-3-5-15-12/h3-5,10-11H,6-9H2,1-2H3. The van der Waals surface area contributed by atoms with Gasteiger partial charge in [-0.3, -0.25) is 0 Å². The summed E-state index contributed by atoms with van der Waals surface area (Å²) < 4.78 is 0. The highest BCUT2D eigenvalue weighted by atomic mass is 15.3. The zero-order valence-corrected chi connectivity index (χ0v) is 10.1. The fourth-order valence-corrected chi connectivity index (χ4v) is 3.14. The molecule has 1 spiro atoms. The smallest absolute Gasteiger partial charge is 0.225 e. The van der Waals surface area contributed by atoms with Gasteiger partial charge < -0.3 is 4.90 Å². The molecule has 0 N–H and O–H groups in total. The first-order chi connectivity index (χ1) is 7.69. The van der Waals surface area contributed by atoms with Crippen molar-refractivity contribution in [2.24, 2.45) is 17.3 Å². The molecule has 3 heteroatoms. The molecule has 3 nitrogen and oxygen atoms in total. The second kappa shape index (κ2) is 3.44.